The lowest BCUT2D eigenvalue weighted by molar-refractivity contribution is -0.117. The van der Waals surface area contributed by atoms with Crippen LogP contribution in [-0.4, -0.2) is 23.4 Å². The minimum absolute atomic E-state index is 0. The summed E-state index contributed by atoms with van der Waals surface area (Å²) in [5.41, 5.74) is 7.11. The molecule has 1 aliphatic carbocycles. The molecule has 1 aromatic rings. The largest absolute Gasteiger partial charge is 0.347 e. The van der Waals surface area contributed by atoms with Gasteiger partial charge in [-0.15, -0.1) is 12.4 Å². The van der Waals surface area contributed by atoms with Gasteiger partial charge < -0.3 is 16.4 Å². The summed E-state index contributed by atoms with van der Waals surface area (Å²) in [4.78, 5) is 24.3. The van der Waals surface area contributed by atoms with Crippen LogP contribution >= 0.6 is 12.4 Å². The number of carbonyl (C=O) groups excluding carboxylic acids is 2. The van der Waals surface area contributed by atoms with Crippen molar-refractivity contribution in [3.63, 3.8) is 0 Å². The van der Waals surface area contributed by atoms with Crippen LogP contribution in [0.2, 0.25) is 0 Å². The molecule has 1 fully saturated rings. The van der Waals surface area contributed by atoms with Gasteiger partial charge in [0.1, 0.15) is 0 Å². The molecule has 0 spiro atoms. The predicted octanol–water partition coefficient (Wildman–Crippen LogP) is 3.48. The smallest absolute Gasteiger partial charge is 0.251 e. The Kier molecular flexibility index (Phi) is 7.90. The Morgan fingerprint density at radius 3 is 2.28 bits per heavy atom. The van der Waals surface area contributed by atoms with E-state index in [9.17, 15) is 9.59 Å². The number of anilines is 1. The fraction of sp³-hybridized carbons (Fsp3) is 0.579. The Labute approximate surface area is 156 Å². The average Bonchev–Trinajstić information content (AvgIpc) is 2.48. The summed E-state index contributed by atoms with van der Waals surface area (Å²) in [6.45, 7) is 5.82. The summed E-state index contributed by atoms with van der Waals surface area (Å²) in [7, 11) is 0. The molecular formula is C19H30ClN3O2. The van der Waals surface area contributed by atoms with Crippen LogP contribution < -0.4 is 16.4 Å². The zero-order valence-corrected chi connectivity index (χ0v) is 16.1. The number of halogens is 1. The number of nitrogens with one attached hydrogen (secondary N) is 2. The first-order valence-corrected chi connectivity index (χ1v) is 8.72. The van der Waals surface area contributed by atoms with Gasteiger partial charge in [0.2, 0.25) is 5.91 Å². The third kappa shape index (κ3) is 7.04. The zero-order valence-electron chi connectivity index (χ0n) is 15.3. The summed E-state index contributed by atoms with van der Waals surface area (Å²) in [6, 6.07) is 7.10. The summed E-state index contributed by atoms with van der Waals surface area (Å²) in [5.74, 6) is 0.147. The average molecular weight is 368 g/mol. The van der Waals surface area contributed by atoms with Crippen LogP contribution in [-0.2, 0) is 4.79 Å². The minimum Gasteiger partial charge on any atom is -0.347 e. The summed E-state index contributed by atoms with van der Waals surface area (Å²) in [6.07, 6.45) is 4.82. The second kappa shape index (κ2) is 9.20. The summed E-state index contributed by atoms with van der Waals surface area (Å²) >= 11 is 0. The second-order valence-corrected chi connectivity index (χ2v) is 7.74. The lowest BCUT2D eigenvalue weighted by atomic mass is 9.83. The first kappa shape index (κ1) is 21.5. The molecule has 0 aromatic heterocycles. The quantitative estimate of drug-likeness (QED) is 0.761. The number of benzene rings is 1. The molecule has 0 radical (unpaired) electrons. The van der Waals surface area contributed by atoms with E-state index in [1.54, 1.807) is 24.3 Å². The molecule has 4 N–H and O–H groups in total. The topological polar surface area (TPSA) is 84.2 Å². The molecule has 5 nitrogen and oxygen atoms in total. The van der Waals surface area contributed by atoms with Gasteiger partial charge in [-0.2, -0.15) is 0 Å². The van der Waals surface area contributed by atoms with Crippen molar-refractivity contribution < 1.29 is 9.59 Å². The standard InChI is InChI=1S/C19H29N3O2.ClH/c1-19(2,3)22-18(24)13-8-10-15(11-9-13)21-17(23)12-14-6-4-5-7-16(14)20;/h8-11,14,16H,4-7,12,20H2,1-3H3,(H,21,23)(H,22,24);1H. The molecule has 2 atom stereocenters. The van der Waals surface area contributed by atoms with Crippen molar-refractivity contribution in [3.05, 3.63) is 29.8 Å². The maximum atomic E-state index is 12.2. The Balaban J connectivity index is 0.00000312. The number of amides is 2. The van der Waals surface area contributed by atoms with E-state index < -0.39 is 0 Å². The Morgan fingerprint density at radius 1 is 1.12 bits per heavy atom. The van der Waals surface area contributed by atoms with Crippen molar-refractivity contribution in [2.24, 2.45) is 11.7 Å². The lowest BCUT2D eigenvalue weighted by Gasteiger charge is -2.27. The Morgan fingerprint density at radius 2 is 1.72 bits per heavy atom. The van der Waals surface area contributed by atoms with Crippen LogP contribution in [0.3, 0.4) is 0 Å². The normalized spacial score (nSPS) is 20.3. The molecule has 1 aliphatic rings. The van der Waals surface area contributed by atoms with E-state index in [-0.39, 0.29) is 41.7 Å². The van der Waals surface area contributed by atoms with E-state index in [1.165, 1.54) is 0 Å². The van der Waals surface area contributed by atoms with Crippen LogP contribution in [0.4, 0.5) is 5.69 Å². The molecule has 0 saturated heterocycles. The van der Waals surface area contributed by atoms with Crippen LogP contribution in [0.1, 0.15) is 63.2 Å². The van der Waals surface area contributed by atoms with Crippen molar-refractivity contribution in [1.29, 1.82) is 0 Å². The highest BCUT2D eigenvalue weighted by Crippen LogP contribution is 2.26. The van der Waals surface area contributed by atoms with E-state index in [0.29, 0.717) is 17.7 Å². The molecular weight excluding hydrogens is 338 g/mol. The van der Waals surface area contributed by atoms with Gasteiger partial charge in [0.15, 0.2) is 0 Å². The number of hydrogen-bond acceptors (Lipinski definition) is 3. The van der Waals surface area contributed by atoms with Gasteiger partial charge >= 0.3 is 0 Å². The summed E-state index contributed by atoms with van der Waals surface area (Å²) in [5, 5.41) is 5.81. The van der Waals surface area contributed by atoms with Crippen LogP contribution in [0.15, 0.2) is 24.3 Å². The number of hydrogen-bond donors (Lipinski definition) is 3. The number of rotatable bonds is 4. The molecule has 6 heteroatoms. The van der Waals surface area contributed by atoms with Crippen molar-refractivity contribution in [1.82, 2.24) is 5.32 Å². The zero-order chi connectivity index (χ0) is 17.7. The maximum Gasteiger partial charge on any atom is 0.251 e. The van der Waals surface area contributed by atoms with Gasteiger partial charge in [0.05, 0.1) is 0 Å². The van der Waals surface area contributed by atoms with Crippen molar-refractivity contribution in [2.45, 2.75) is 64.5 Å². The van der Waals surface area contributed by atoms with Gasteiger partial charge in [-0.1, -0.05) is 12.8 Å². The highest BCUT2D eigenvalue weighted by Gasteiger charge is 2.24. The van der Waals surface area contributed by atoms with E-state index >= 15 is 0 Å². The first-order valence-electron chi connectivity index (χ1n) is 8.72. The van der Waals surface area contributed by atoms with Gasteiger partial charge in [-0.3, -0.25) is 9.59 Å². The molecule has 0 aliphatic heterocycles. The highest BCUT2D eigenvalue weighted by atomic mass is 35.5. The molecule has 1 aromatic carbocycles. The Hall–Kier alpha value is -1.59. The predicted molar refractivity (Wildman–Crippen MR) is 104 cm³/mol. The lowest BCUT2D eigenvalue weighted by Crippen LogP contribution is -2.40. The van der Waals surface area contributed by atoms with E-state index in [1.807, 2.05) is 20.8 Å². The van der Waals surface area contributed by atoms with Crippen LogP contribution in [0, 0.1) is 5.92 Å². The van der Waals surface area contributed by atoms with Gasteiger partial charge in [-0.25, -0.2) is 0 Å². The highest BCUT2D eigenvalue weighted by molar-refractivity contribution is 5.96. The van der Waals surface area contributed by atoms with Gasteiger partial charge in [0.25, 0.3) is 5.91 Å². The fourth-order valence-corrected chi connectivity index (χ4v) is 3.06. The van der Waals surface area contributed by atoms with E-state index in [4.69, 9.17) is 5.73 Å². The van der Waals surface area contributed by atoms with Crippen molar-refractivity contribution in [2.75, 3.05) is 5.32 Å². The fourth-order valence-electron chi connectivity index (χ4n) is 3.06. The number of carbonyl (C=O) groups is 2. The van der Waals surface area contributed by atoms with Gasteiger partial charge in [0, 0.05) is 29.3 Å². The SMILES string of the molecule is CC(C)(C)NC(=O)c1ccc(NC(=O)CC2CCCCC2N)cc1.Cl. The molecule has 2 rings (SSSR count). The van der Waals surface area contributed by atoms with E-state index in [0.717, 1.165) is 25.7 Å². The van der Waals surface area contributed by atoms with Gasteiger partial charge in [-0.05, 0) is 63.8 Å². The second-order valence-electron chi connectivity index (χ2n) is 7.74. The Bertz CT molecular complexity index is 581. The molecule has 1 saturated carbocycles. The first-order chi connectivity index (χ1) is 11.2. The molecule has 0 bridgehead atoms. The third-order valence-corrected chi connectivity index (χ3v) is 4.33. The number of nitrogens with two attached hydrogens (primary N) is 1. The third-order valence-electron chi connectivity index (χ3n) is 4.33. The molecule has 140 valence electrons. The maximum absolute atomic E-state index is 12.2. The molecule has 0 heterocycles. The molecule has 2 unspecified atom stereocenters. The summed E-state index contributed by atoms with van der Waals surface area (Å²) < 4.78 is 0. The molecule has 2 amide bonds. The van der Waals surface area contributed by atoms with Crippen LogP contribution in [0.5, 0.6) is 0 Å². The van der Waals surface area contributed by atoms with Crippen molar-refractivity contribution >= 4 is 29.9 Å². The monoisotopic (exact) mass is 367 g/mol. The van der Waals surface area contributed by atoms with E-state index in [2.05, 4.69) is 10.6 Å². The molecule has 25 heavy (non-hydrogen) atoms. The van der Waals surface area contributed by atoms with Crippen LogP contribution in [0.25, 0.3) is 0 Å². The minimum atomic E-state index is -0.275. The van der Waals surface area contributed by atoms with Crippen molar-refractivity contribution in [3.8, 4) is 0 Å².